The summed E-state index contributed by atoms with van der Waals surface area (Å²) in [5.74, 6) is 1.57. The zero-order valence-corrected chi connectivity index (χ0v) is 13.3. The summed E-state index contributed by atoms with van der Waals surface area (Å²) < 4.78 is 0. The van der Waals surface area contributed by atoms with Crippen molar-refractivity contribution >= 4 is 23.1 Å². The van der Waals surface area contributed by atoms with E-state index in [1.165, 1.54) is 5.69 Å². The Morgan fingerprint density at radius 2 is 1.95 bits per heavy atom. The van der Waals surface area contributed by atoms with E-state index in [-0.39, 0.29) is 0 Å². The van der Waals surface area contributed by atoms with Gasteiger partial charge in [-0.15, -0.1) is 0 Å². The minimum absolute atomic E-state index is 0.491. The largest absolute Gasteiger partial charge is 0.375 e. The van der Waals surface area contributed by atoms with E-state index in [1.54, 1.807) is 6.07 Å². The van der Waals surface area contributed by atoms with Gasteiger partial charge in [0.1, 0.15) is 16.8 Å². The first-order valence-corrected chi connectivity index (χ1v) is 7.60. The predicted octanol–water partition coefficient (Wildman–Crippen LogP) is 3.63. The molecule has 112 valence electrons. The summed E-state index contributed by atoms with van der Waals surface area (Å²) in [7, 11) is 2.10. The average molecular weight is 305 g/mol. The van der Waals surface area contributed by atoms with Crippen LogP contribution in [0.5, 0.6) is 0 Å². The van der Waals surface area contributed by atoms with Crippen LogP contribution in [-0.2, 0) is 6.42 Å². The zero-order valence-electron chi connectivity index (χ0n) is 12.5. The molecular formula is C16H21ClN4. The van der Waals surface area contributed by atoms with Crippen LogP contribution in [0.15, 0.2) is 36.4 Å². The van der Waals surface area contributed by atoms with E-state index in [4.69, 9.17) is 11.6 Å². The molecule has 1 N–H and O–H groups in total. The number of nitrogens with zero attached hydrogens (tertiary/aromatic N) is 3. The molecule has 1 aromatic heterocycles. The van der Waals surface area contributed by atoms with Crippen LogP contribution in [0.1, 0.15) is 19.2 Å². The molecule has 2 aromatic rings. The number of aryl methyl sites for hydroxylation is 1. The highest BCUT2D eigenvalue weighted by Crippen LogP contribution is 2.13. The molecule has 0 saturated carbocycles. The molecule has 1 aromatic carbocycles. The normalized spacial score (nSPS) is 10.4. The Balaban J connectivity index is 1.78. The Morgan fingerprint density at radius 3 is 2.67 bits per heavy atom. The van der Waals surface area contributed by atoms with Gasteiger partial charge in [-0.2, -0.15) is 0 Å². The molecule has 1 heterocycles. The minimum atomic E-state index is 0.491. The van der Waals surface area contributed by atoms with Gasteiger partial charge in [0.15, 0.2) is 0 Å². The Bertz CT molecular complexity index is 559. The molecule has 5 heteroatoms. The topological polar surface area (TPSA) is 41.1 Å². The molecule has 0 radical (unpaired) electrons. The van der Waals surface area contributed by atoms with Crippen LogP contribution in [0.3, 0.4) is 0 Å². The van der Waals surface area contributed by atoms with E-state index in [2.05, 4.69) is 51.5 Å². The van der Waals surface area contributed by atoms with Gasteiger partial charge in [-0.1, -0.05) is 36.7 Å². The summed E-state index contributed by atoms with van der Waals surface area (Å²) in [6.07, 6.45) is 1.81. The maximum Gasteiger partial charge on any atom is 0.134 e. The van der Waals surface area contributed by atoms with Crippen molar-refractivity contribution in [3.8, 4) is 0 Å². The van der Waals surface area contributed by atoms with Crippen molar-refractivity contribution < 1.29 is 0 Å². The van der Waals surface area contributed by atoms with Crippen molar-refractivity contribution in [2.45, 2.75) is 19.8 Å². The first-order valence-electron chi connectivity index (χ1n) is 7.22. The molecule has 0 aliphatic heterocycles. The van der Waals surface area contributed by atoms with Crippen molar-refractivity contribution in [3.63, 3.8) is 0 Å². The monoisotopic (exact) mass is 304 g/mol. The number of hydrogen-bond donors (Lipinski definition) is 1. The summed E-state index contributed by atoms with van der Waals surface area (Å²) in [5, 5.41) is 3.80. The van der Waals surface area contributed by atoms with Gasteiger partial charge in [-0.3, -0.25) is 0 Å². The minimum Gasteiger partial charge on any atom is -0.375 e. The van der Waals surface area contributed by atoms with Gasteiger partial charge >= 0.3 is 0 Å². The standard InChI is InChI=1S/C16H21ClN4/c1-3-15-19-14(17)12-16(20-15)18-10-7-11-21(2)13-8-5-4-6-9-13/h4-6,8-9,12H,3,7,10-11H2,1-2H3,(H,18,19,20). The third-order valence-electron chi connectivity index (χ3n) is 3.23. The smallest absolute Gasteiger partial charge is 0.134 e. The fourth-order valence-electron chi connectivity index (χ4n) is 2.06. The summed E-state index contributed by atoms with van der Waals surface area (Å²) in [6.45, 7) is 3.86. The van der Waals surface area contributed by atoms with E-state index >= 15 is 0 Å². The molecule has 2 rings (SSSR count). The fraction of sp³-hybridized carbons (Fsp3) is 0.375. The summed E-state index contributed by atoms with van der Waals surface area (Å²) in [4.78, 5) is 10.8. The van der Waals surface area contributed by atoms with E-state index in [0.717, 1.165) is 37.6 Å². The molecule has 0 aliphatic rings. The maximum atomic E-state index is 5.97. The van der Waals surface area contributed by atoms with Gasteiger partial charge in [-0.25, -0.2) is 9.97 Å². The Labute approximate surface area is 131 Å². The summed E-state index contributed by atoms with van der Waals surface area (Å²) >= 11 is 5.97. The van der Waals surface area contributed by atoms with Gasteiger partial charge in [0.25, 0.3) is 0 Å². The molecule has 21 heavy (non-hydrogen) atoms. The zero-order chi connectivity index (χ0) is 15.1. The number of hydrogen-bond acceptors (Lipinski definition) is 4. The van der Waals surface area contributed by atoms with Gasteiger partial charge in [0, 0.05) is 38.3 Å². The van der Waals surface area contributed by atoms with Gasteiger partial charge in [-0.05, 0) is 18.6 Å². The number of anilines is 2. The second kappa shape index (κ2) is 7.84. The molecule has 0 fully saturated rings. The highest BCUT2D eigenvalue weighted by molar-refractivity contribution is 6.29. The highest BCUT2D eigenvalue weighted by Gasteiger charge is 2.02. The van der Waals surface area contributed by atoms with Gasteiger partial charge in [0.2, 0.25) is 0 Å². The van der Waals surface area contributed by atoms with Crippen LogP contribution in [0, 0.1) is 0 Å². The predicted molar refractivity (Wildman–Crippen MR) is 89.2 cm³/mol. The quantitative estimate of drug-likeness (QED) is 0.626. The van der Waals surface area contributed by atoms with Crippen molar-refractivity contribution in [2.24, 2.45) is 0 Å². The molecule has 0 spiro atoms. The van der Waals surface area contributed by atoms with Crippen LogP contribution in [0.2, 0.25) is 5.15 Å². The number of aromatic nitrogens is 2. The lowest BCUT2D eigenvalue weighted by Gasteiger charge is -2.19. The number of benzene rings is 1. The van der Waals surface area contributed by atoms with Gasteiger partial charge < -0.3 is 10.2 Å². The Kier molecular flexibility index (Phi) is 5.81. The molecule has 0 saturated heterocycles. The molecule has 4 nitrogen and oxygen atoms in total. The van der Waals surface area contributed by atoms with Crippen LogP contribution in [0.25, 0.3) is 0 Å². The SMILES string of the molecule is CCc1nc(Cl)cc(NCCCN(C)c2ccccc2)n1. The van der Waals surface area contributed by atoms with Gasteiger partial charge in [0.05, 0.1) is 0 Å². The summed E-state index contributed by atoms with van der Waals surface area (Å²) in [6, 6.07) is 12.1. The van der Waals surface area contributed by atoms with E-state index < -0.39 is 0 Å². The van der Waals surface area contributed by atoms with Crippen molar-refractivity contribution in [3.05, 3.63) is 47.4 Å². The highest BCUT2D eigenvalue weighted by atomic mass is 35.5. The lowest BCUT2D eigenvalue weighted by Crippen LogP contribution is -2.20. The molecule has 0 unspecified atom stereocenters. The van der Waals surface area contributed by atoms with E-state index in [9.17, 15) is 0 Å². The first kappa shape index (κ1) is 15.6. The Morgan fingerprint density at radius 1 is 1.19 bits per heavy atom. The van der Waals surface area contributed by atoms with Crippen molar-refractivity contribution in [1.82, 2.24) is 9.97 Å². The van der Waals surface area contributed by atoms with E-state index in [1.807, 2.05) is 13.0 Å². The van der Waals surface area contributed by atoms with E-state index in [0.29, 0.717) is 5.15 Å². The third-order valence-corrected chi connectivity index (χ3v) is 3.42. The fourth-order valence-corrected chi connectivity index (χ4v) is 2.26. The average Bonchev–Trinajstić information content (AvgIpc) is 2.51. The first-order chi connectivity index (χ1) is 10.2. The molecule has 0 bridgehead atoms. The molecule has 0 amide bonds. The molecular weight excluding hydrogens is 284 g/mol. The van der Waals surface area contributed by atoms with Crippen molar-refractivity contribution in [2.75, 3.05) is 30.4 Å². The number of halogens is 1. The lowest BCUT2D eigenvalue weighted by molar-refractivity contribution is 0.811. The van der Waals surface area contributed by atoms with Crippen LogP contribution in [0.4, 0.5) is 11.5 Å². The van der Waals surface area contributed by atoms with Crippen LogP contribution < -0.4 is 10.2 Å². The maximum absolute atomic E-state index is 5.97. The number of para-hydroxylation sites is 1. The van der Waals surface area contributed by atoms with Crippen molar-refractivity contribution in [1.29, 1.82) is 0 Å². The second-order valence-electron chi connectivity index (χ2n) is 4.88. The van der Waals surface area contributed by atoms with Crippen LogP contribution >= 0.6 is 11.6 Å². The summed E-state index contributed by atoms with van der Waals surface area (Å²) in [5.41, 5.74) is 1.23. The van der Waals surface area contributed by atoms with Crippen LogP contribution in [-0.4, -0.2) is 30.1 Å². The lowest BCUT2D eigenvalue weighted by atomic mass is 10.3. The number of nitrogens with one attached hydrogen (secondary N) is 1. The second-order valence-corrected chi connectivity index (χ2v) is 5.27. The Hall–Kier alpha value is -1.81. The third kappa shape index (κ3) is 4.90. The molecule has 0 atom stereocenters. The number of rotatable bonds is 7. The molecule has 0 aliphatic carbocycles.